The fraction of sp³-hybridized carbons (Fsp3) is 0.346. The molecule has 0 bridgehead atoms. The van der Waals surface area contributed by atoms with Crippen LogP contribution in [0.15, 0.2) is 48.8 Å². The SMILES string of the molecule is COCCOc1ccc(-c2cncc(Nc3nc(N[C@@H]4CCCC[C@@H]4N)c(F)cc3C(N)=O)c2)cc1. The van der Waals surface area contributed by atoms with Crippen molar-refractivity contribution in [2.75, 3.05) is 31.0 Å². The van der Waals surface area contributed by atoms with Crippen LogP contribution in [0.25, 0.3) is 11.1 Å². The molecule has 2 heterocycles. The number of nitrogens with two attached hydrogens (primary N) is 2. The number of primary amides is 1. The molecule has 0 unspecified atom stereocenters. The molecule has 4 rings (SSSR count). The number of hydrogen-bond acceptors (Lipinski definition) is 8. The molecule has 2 atom stereocenters. The Labute approximate surface area is 209 Å². The summed E-state index contributed by atoms with van der Waals surface area (Å²) >= 11 is 0. The van der Waals surface area contributed by atoms with Crippen molar-refractivity contribution in [1.82, 2.24) is 9.97 Å². The molecular weight excluding hydrogens is 463 g/mol. The Balaban J connectivity index is 1.55. The molecule has 1 fully saturated rings. The summed E-state index contributed by atoms with van der Waals surface area (Å²) in [5.41, 5.74) is 14.0. The average Bonchev–Trinajstić information content (AvgIpc) is 2.88. The van der Waals surface area contributed by atoms with Crippen LogP contribution in [0.2, 0.25) is 0 Å². The lowest BCUT2D eigenvalue weighted by molar-refractivity contribution is 0.100. The van der Waals surface area contributed by atoms with E-state index in [0.717, 1.165) is 48.6 Å². The van der Waals surface area contributed by atoms with Crippen LogP contribution >= 0.6 is 0 Å². The number of carbonyl (C=O) groups excluding carboxylic acids is 1. The smallest absolute Gasteiger partial charge is 0.252 e. The standard InChI is InChI=1S/C26H31FN6O3/c1-35-10-11-36-19-8-6-16(7-9-19)17-12-18(15-30-14-17)31-25-20(24(29)34)13-21(27)26(33-25)32-23-5-3-2-4-22(23)28/h6-9,12-15,22-23H,2-5,10-11,28H2,1H3,(H2,29,34)(H2,31,32,33)/t22-,23+/m0/s1. The monoisotopic (exact) mass is 494 g/mol. The Morgan fingerprint density at radius 3 is 2.58 bits per heavy atom. The zero-order valence-corrected chi connectivity index (χ0v) is 20.2. The second kappa shape index (κ2) is 11.8. The molecule has 190 valence electrons. The first-order chi connectivity index (χ1) is 17.4. The zero-order chi connectivity index (χ0) is 25.5. The third-order valence-corrected chi connectivity index (χ3v) is 6.13. The Morgan fingerprint density at radius 1 is 1.08 bits per heavy atom. The molecule has 0 radical (unpaired) electrons. The molecular formula is C26H31FN6O3. The first-order valence-corrected chi connectivity index (χ1v) is 11.9. The van der Waals surface area contributed by atoms with Crippen molar-refractivity contribution in [2.24, 2.45) is 11.5 Å². The van der Waals surface area contributed by atoms with Crippen LogP contribution in [-0.4, -0.2) is 48.3 Å². The summed E-state index contributed by atoms with van der Waals surface area (Å²) in [5.74, 6) is -0.559. The summed E-state index contributed by atoms with van der Waals surface area (Å²) < 4.78 is 25.4. The van der Waals surface area contributed by atoms with Gasteiger partial charge in [-0.1, -0.05) is 25.0 Å². The van der Waals surface area contributed by atoms with Gasteiger partial charge in [-0.15, -0.1) is 0 Å². The maximum Gasteiger partial charge on any atom is 0.252 e. The number of rotatable bonds is 10. The van der Waals surface area contributed by atoms with Crippen LogP contribution in [0.3, 0.4) is 0 Å². The minimum Gasteiger partial charge on any atom is -0.491 e. The van der Waals surface area contributed by atoms with Gasteiger partial charge >= 0.3 is 0 Å². The van der Waals surface area contributed by atoms with Crippen LogP contribution in [0.4, 0.5) is 21.7 Å². The van der Waals surface area contributed by atoms with Crippen molar-refractivity contribution < 1.29 is 18.7 Å². The van der Waals surface area contributed by atoms with Crippen molar-refractivity contribution in [1.29, 1.82) is 0 Å². The molecule has 0 saturated heterocycles. The van der Waals surface area contributed by atoms with E-state index in [1.54, 1.807) is 19.5 Å². The van der Waals surface area contributed by atoms with Crippen LogP contribution in [-0.2, 0) is 4.74 Å². The first kappa shape index (κ1) is 25.3. The van der Waals surface area contributed by atoms with Crippen LogP contribution in [0.1, 0.15) is 36.0 Å². The van der Waals surface area contributed by atoms with E-state index in [1.807, 2.05) is 30.3 Å². The summed E-state index contributed by atoms with van der Waals surface area (Å²) in [6.45, 7) is 0.974. The highest BCUT2D eigenvalue weighted by molar-refractivity contribution is 5.98. The van der Waals surface area contributed by atoms with Crippen molar-refractivity contribution >= 4 is 23.2 Å². The van der Waals surface area contributed by atoms with E-state index in [-0.39, 0.29) is 29.3 Å². The van der Waals surface area contributed by atoms with Gasteiger partial charge in [-0.2, -0.15) is 0 Å². The number of anilines is 3. The Bertz CT molecular complexity index is 1190. The number of pyridine rings is 2. The van der Waals surface area contributed by atoms with Crippen molar-refractivity contribution in [3.8, 4) is 16.9 Å². The maximum absolute atomic E-state index is 14.8. The number of ether oxygens (including phenoxy) is 2. The lowest BCUT2D eigenvalue weighted by atomic mass is 9.91. The molecule has 3 aromatic rings. The van der Waals surface area contributed by atoms with E-state index in [2.05, 4.69) is 20.6 Å². The average molecular weight is 495 g/mol. The minimum atomic E-state index is -0.794. The molecule has 0 aliphatic heterocycles. The largest absolute Gasteiger partial charge is 0.491 e. The fourth-order valence-electron chi connectivity index (χ4n) is 4.18. The second-order valence-electron chi connectivity index (χ2n) is 8.73. The Kier molecular flexibility index (Phi) is 8.29. The highest BCUT2D eigenvalue weighted by atomic mass is 19.1. The second-order valence-corrected chi connectivity index (χ2v) is 8.73. The molecule has 1 aromatic carbocycles. The zero-order valence-electron chi connectivity index (χ0n) is 20.2. The number of hydrogen-bond donors (Lipinski definition) is 4. The van der Waals surface area contributed by atoms with Gasteiger partial charge in [0.05, 0.1) is 24.1 Å². The van der Waals surface area contributed by atoms with Gasteiger partial charge in [0.25, 0.3) is 5.91 Å². The van der Waals surface area contributed by atoms with E-state index in [0.29, 0.717) is 18.9 Å². The summed E-state index contributed by atoms with van der Waals surface area (Å²) in [5, 5.41) is 6.19. The number of halogens is 1. The predicted octanol–water partition coefficient (Wildman–Crippen LogP) is 3.83. The van der Waals surface area contributed by atoms with E-state index in [1.165, 1.54) is 0 Å². The van der Waals surface area contributed by atoms with Gasteiger partial charge in [0, 0.05) is 31.0 Å². The highest BCUT2D eigenvalue weighted by Gasteiger charge is 2.24. The van der Waals surface area contributed by atoms with E-state index in [4.69, 9.17) is 20.9 Å². The Morgan fingerprint density at radius 2 is 1.86 bits per heavy atom. The molecule has 36 heavy (non-hydrogen) atoms. The van der Waals surface area contributed by atoms with E-state index < -0.39 is 11.7 Å². The molecule has 1 amide bonds. The number of carbonyl (C=O) groups is 1. The topological polar surface area (TPSA) is 137 Å². The van der Waals surface area contributed by atoms with Crippen molar-refractivity contribution in [3.05, 3.63) is 60.2 Å². The van der Waals surface area contributed by atoms with Crippen LogP contribution in [0.5, 0.6) is 5.75 Å². The molecule has 0 spiro atoms. The highest BCUT2D eigenvalue weighted by Crippen LogP contribution is 2.29. The number of nitrogens with zero attached hydrogens (tertiary/aromatic N) is 2. The summed E-state index contributed by atoms with van der Waals surface area (Å²) in [6, 6.07) is 10.3. The van der Waals surface area contributed by atoms with Gasteiger partial charge < -0.3 is 31.6 Å². The normalized spacial score (nSPS) is 17.4. The summed E-state index contributed by atoms with van der Waals surface area (Å²) in [4.78, 5) is 20.7. The van der Waals surface area contributed by atoms with Gasteiger partial charge in [0.2, 0.25) is 0 Å². The van der Waals surface area contributed by atoms with Crippen LogP contribution < -0.4 is 26.8 Å². The van der Waals surface area contributed by atoms with Gasteiger partial charge in [-0.3, -0.25) is 9.78 Å². The van der Waals surface area contributed by atoms with E-state index >= 15 is 0 Å². The first-order valence-electron chi connectivity index (χ1n) is 11.9. The molecule has 1 saturated carbocycles. The van der Waals surface area contributed by atoms with Gasteiger partial charge in [-0.05, 0) is 42.7 Å². The summed E-state index contributed by atoms with van der Waals surface area (Å²) in [6.07, 6.45) is 7.06. The molecule has 2 aromatic heterocycles. The van der Waals surface area contributed by atoms with Crippen molar-refractivity contribution in [2.45, 2.75) is 37.8 Å². The molecule has 1 aliphatic rings. The Hall–Kier alpha value is -3.76. The molecule has 9 nitrogen and oxygen atoms in total. The van der Waals surface area contributed by atoms with Crippen molar-refractivity contribution in [3.63, 3.8) is 0 Å². The maximum atomic E-state index is 14.8. The predicted molar refractivity (Wildman–Crippen MR) is 137 cm³/mol. The third-order valence-electron chi connectivity index (χ3n) is 6.13. The minimum absolute atomic E-state index is 0.0259. The number of amides is 1. The number of aromatic nitrogens is 2. The third kappa shape index (κ3) is 6.27. The number of nitrogens with one attached hydrogen (secondary N) is 2. The van der Waals surface area contributed by atoms with Crippen LogP contribution in [0, 0.1) is 5.82 Å². The van der Waals surface area contributed by atoms with Gasteiger partial charge in [0.1, 0.15) is 18.2 Å². The number of benzene rings is 1. The molecule has 1 aliphatic carbocycles. The van der Waals surface area contributed by atoms with E-state index in [9.17, 15) is 9.18 Å². The lowest BCUT2D eigenvalue weighted by Crippen LogP contribution is -2.43. The summed E-state index contributed by atoms with van der Waals surface area (Å²) in [7, 11) is 1.62. The molecule has 6 N–H and O–H groups in total. The van der Waals surface area contributed by atoms with Gasteiger partial charge in [-0.25, -0.2) is 9.37 Å². The molecule has 10 heteroatoms. The quantitative estimate of drug-likeness (QED) is 0.312. The number of methoxy groups -OCH3 is 1. The lowest BCUT2D eigenvalue weighted by Gasteiger charge is -2.30. The van der Waals surface area contributed by atoms with Gasteiger partial charge in [0.15, 0.2) is 11.6 Å². The fourth-order valence-corrected chi connectivity index (χ4v) is 4.18.